The minimum absolute atomic E-state index is 0.263. The largest absolute Gasteiger partial charge is 0.277 e. The molecule has 0 saturated heterocycles. The number of hydrogen-bond donors (Lipinski definition) is 1. The zero-order valence-electron chi connectivity index (χ0n) is 12.7. The number of benzene rings is 1. The smallest absolute Gasteiger partial charge is 0.123 e. The first-order valence-electron chi connectivity index (χ1n) is 7.22. The number of H-pyrrole nitrogens is 1. The maximum Gasteiger partial charge on any atom is 0.123 e. The van der Waals surface area contributed by atoms with Crippen molar-refractivity contribution in [3.05, 3.63) is 54.1 Å². The maximum absolute atomic E-state index is 13.1. The molecule has 1 N–H and O–H groups in total. The second-order valence-corrected chi connectivity index (χ2v) is 5.49. The van der Waals surface area contributed by atoms with E-state index < -0.39 is 0 Å². The number of nitrogens with zero attached hydrogens (tertiary/aromatic N) is 4. The normalized spacial score (nSPS) is 11.3. The summed E-state index contributed by atoms with van der Waals surface area (Å²) < 4.78 is 15.0. The van der Waals surface area contributed by atoms with E-state index in [0.717, 1.165) is 39.1 Å². The molecule has 0 atom stereocenters. The van der Waals surface area contributed by atoms with Gasteiger partial charge in [-0.1, -0.05) is 0 Å². The number of nitrogens with one attached hydrogen (secondary N) is 1. The summed E-state index contributed by atoms with van der Waals surface area (Å²) in [5.41, 5.74) is 6.33. The van der Waals surface area contributed by atoms with Crippen LogP contribution in [-0.2, 0) is 7.05 Å². The van der Waals surface area contributed by atoms with Gasteiger partial charge in [0.05, 0.1) is 29.3 Å². The fourth-order valence-electron chi connectivity index (χ4n) is 2.86. The average molecular weight is 307 g/mol. The summed E-state index contributed by atoms with van der Waals surface area (Å²) in [6.07, 6.45) is 3.49. The molecular weight excluding hydrogens is 293 g/mol. The highest BCUT2D eigenvalue weighted by atomic mass is 19.1. The molecule has 3 aromatic heterocycles. The van der Waals surface area contributed by atoms with Crippen LogP contribution < -0.4 is 0 Å². The second kappa shape index (κ2) is 5.01. The van der Waals surface area contributed by atoms with Gasteiger partial charge in [0, 0.05) is 18.2 Å². The second-order valence-electron chi connectivity index (χ2n) is 5.49. The van der Waals surface area contributed by atoms with Gasteiger partial charge in [-0.25, -0.2) is 9.37 Å². The number of aromatic amines is 1. The number of aryl methyl sites for hydroxylation is 2. The minimum Gasteiger partial charge on any atom is -0.277 e. The molecule has 114 valence electrons. The summed E-state index contributed by atoms with van der Waals surface area (Å²) in [6.45, 7) is 2.03. The van der Waals surface area contributed by atoms with Gasteiger partial charge in [0.2, 0.25) is 0 Å². The third kappa shape index (κ3) is 2.19. The molecule has 0 aliphatic carbocycles. The summed E-state index contributed by atoms with van der Waals surface area (Å²) >= 11 is 0. The molecule has 3 heterocycles. The molecule has 0 bridgehead atoms. The van der Waals surface area contributed by atoms with E-state index in [4.69, 9.17) is 0 Å². The lowest BCUT2D eigenvalue weighted by Gasteiger charge is -2.06. The Balaban J connectivity index is 1.89. The van der Waals surface area contributed by atoms with E-state index in [0.29, 0.717) is 0 Å². The van der Waals surface area contributed by atoms with Crippen LogP contribution in [0.3, 0.4) is 0 Å². The Bertz CT molecular complexity index is 998. The summed E-state index contributed by atoms with van der Waals surface area (Å²) in [7, 11) is 1.90. The third-order valence-electron chi connectivity index (χ3n) is 3.94. The zero-order chi connectivity index (χ0) is 16.0. The molecule has 0 amide bonds. The summed E-state index contributed by atoms with van der Waals surface area (Å²) in [5.74, 6) is -0.263. The van der Waals surface area contributed by atoms with E-state index in [1.54, 1.807) is 24.5 Å². The van der Waals surface area contributed by atoms with Crippen LogP contribution in [0, 0.1) is 12.7 Å². The molecule has 4 aromatic rings. The van der Waals surface area contributed by atoms with Gasteiger partial charge in [-0.15, -0.1) is 0 Å². The van der Waals surface area contributed by atoms with Gasteiger partial charge in [-0.2, -0.15) is 10.2 Å². The number of halogens is 1. The Morgan fingerprint density at radius 2 is 1.91 bits per heavy atom. The van der Waals surface area contributed by atoms with Crippen LogP contribution in [0.25, 0.3) is 33.5 Å². The summed E-state index contributed by atoms with van der Waals surface area (Å²) in [6, 6.07) is 8.33. The van der Waals surface area contributed by atoms with Crippen molar-refractivity contribution in [2.75, 3.05) is 0 Å². The first-order chi connectivity index (χ1) is 11.1. The molecule has 0 radical (unpaired) electrons. The fourth-order valence-corrected chi connectivity index (χ4v) is 2.86. The quantitative estimate of drug-likeness (QED) is 0.617. The van der Waals surface area contributed by atoms with E-state index in [1.165, 1.54) is 12.1 Å². The molecule has 0 unspecified atom stereocenters. The van der Waals surface area contributed by atoms with Gasteiger partial charge in [0.15, 0.2) is 0 Å². The molecule has 5 nitrogen and oxygen atoms in total. The molecular formula is C17H14FN5. The lowest BCUT2D eigenvalue weighted by molar-refractivity contribution is 0.628. The molecule has 1 aromatic carbocycles. The molecule has 0 saturated carbocycles. The van der Waals surface area contributed by atoms with E-state index in [9.17, 15) is 4.39 Å². The molecule has 0 fully saturated rings. The minimum atomic E-state index is -0.263. The number of rotatable bonds is 2. The number of aromatic nitrogens is 5. The maximum atomic E-state index is 13.1. The Morgan fingerprint density at radius 3 is 2.70 bits per heavy atom. The topological polar surface area (TPSA) is 59.4 Å². The monoisotopic (exact) mass is 307 g/mol. The predicted octanol–water partition coefficient (Wildman–Crippen LogP) is 3.47. The van der Waals surface area contributed by atoms with Crippen LogP contribution in [0.15, 0.2) is 42.7 Å². The van der Waals surface area contributed by atoms with Crippen molar-refractivity contribution >= 4 is 11.0 Å². The molecule has 23 heavy (non-hydrogen) atoms. The Hall–Kier alpha value is -3.02. The van der Waals surface area contributed by atoms with Gasteiger partial charge in [0.25, 0.3) is 0 Å². The Labute approximate surface area is 131 Å². The average Bonchev–Trinajstić information content (AvgIpc) is 3.15. The van der Waals surface area contributed by atoms with Gasteiger partial charge < -0.3 is 0 Å². The standard InChI is InChI=1S/C17H14FN5/c1-10-7-14(21-15-9-20-23(2)17(10)15)13-8-19-22-16(13)11-3-5-12(18)6-4-11/h3-9H,1-2H3,(H,19,22). The van der Waals surface area contributed by atoms with Crippen LogP contribution in [0.1, 0.15) is 5.56 Å². The van der Waals surface area contributed by atoms with Crippen molar-refractivity contribution in [3.8, 4) is 22.5 Å². The molecule has 6 heteroatoms. The Kier molecular flexibility index (Phi) is 2.97. The van der Waals surface area contributed by atoms with Crippen molar-refractivity contribution in [1.82, 2.24) is 25.0 Å². The summed E-state index contributed by atoms with van der Waals surface area (Å²) in [5, 5.41) is 11.4. The highest BCUT2D eigenvalue weighted by Gasteiger charge is 2.14. The predicted molar refractivity (Wildman–Crippen MR) is 86.2 cm³/mol. The molecule has 0 aliphatic rings. The molecule has 0 spiro atoms. The van der Waals surface area contributed by atoms with Crippen LogP contribution in [-0.4, -0.2) is 25.0 Å². The lowest BCUT2D eigenvalue weighted by Crippen LogP contribution is -1.94. The lowest BCUT2D eigenvalue weighted by atomic mass is 10.0. The van der Waals surface area contributed by atoms with Gasteiger partial charge in [-0.3, -0.25) is 9.78 Å². The molecule has 4 rings (SSSR count). The SMILES string of the molecule is Cc1cc(-c2cn[nH]c2-c2ccc(F)cc2)nc2cnn(C)c12. The first kappa shape index (κ1) is 13.6. The van der Waals surface area contributed by atoms with Crippen LogP contribution in [0.4, 0.5) is 4.39 Å². The van der Waals surface area contributed by atoms with E-state index in [1.807, 2.05) is 24.7 Å². The van der Waals surface area contributed by atoms with Crippen molar-refractivity contribution in [2.45, 2.75) is 6.92 Å². The van der Waals surface area contributed by atoms with Crippen LogP contribution in [0.5, 0.6) is 0 Å². The van der Waals surface area contributed by atoms with Crippen LogP contribution >= 0.6 is 0 Å². The van der Waals surface area contributed by atoms with Gasteiger partial charge in [-0.05, 0) is 42.8 Å². The number of pyridine rings is 1. The van der Waals surface area contributed by atoms with Gasteiger partial charge >= 0.3 is 0 Å². The highest BCUT2D eigenvalue weighted by molar-refractivity contribution is 5.85. The van der Waals surface area contributed by atoms with Crippen molar-refractivity contribution in [1.29, 1.82) is 0 Å². The Morgan fingerprint density at radius 1 is 1.13 bits per heavy atom. The molecule has 0 aliphatic heterocycles. The van der Waals surface area contributed by atoms with Gasteiger partial charge in [0.1, 0.15) is 11.3 Å². The van der Waals surface area contributed by atoms with Crippen molar-refractivity contribution < 1.29 is 4.39 Å². The van der Waals surface area contributed by atoms with Crippen LogP contribution in [0.2, 0.25) is 0 Å². The number of fused-ring (bicyclic) bond motifs is 1. The van der Waals surface area contributed by atoms with E-state index in [2.05, 4.69) is 20.3 Å². The highest BCUT2D eigenvalue weighted by Crippen LogP contribution is 2.31. The van der Waals surface area contributed by atoms with Crippen molar-refractivity contribution in [2.24, 2.45) is 7.05 Å². The first-order valence-corrected chi connectivity index (χ1v) is 7.22. The van der Waals surface area contributed by atoms with E-state index in [-0.39, 0.29) is 5.82 Å². The zero-order valence-corrected chi connectivity index (χ0v) is 12.7. The van der Waals surface area contributed by atoms with E-state index >= 15 is 0 Å². The third-order valence-corrected chi connectivity index (χ3v) is 3.94. The summed E-state index contributed by atoms with van der Waals surface area (Å²) in [4.78, 5) is 4.69. The van der Waals surface area contributed by atoms with Crippen molar-refractivity contribution in [3.63, 3.8) is 0 Å². The fraction of sp³-hybridized carbons (Fsp3) is 0.118. The number of hydrogen-bond acceptors (Lipinski definition) is 3.